The highest BCUT2D eigenvalue weighted by Gasteiger charge is 2.13. The molecule has 0 atom stereocenters. The van der Waals surface area contributed by atoms with E-state index in [0.717, 1.165) is 23.1 Å². The third-order valence-electron chi connectivity index (χ3n) is 5.06. The molecule has 1 N–H and O–H groups in total. The van der Waals surface area contributed by atoms with Crippen molar-refractivity contribution in [2.24, 2.45) is 0 Å². The number of nitrogens with one attached hydrogen (secondary N) is 1. The van der Waals surface area contributed by atoms with Crippen LogP contribution in [0.5, 0.6) is 0 Å². The maximum atomic E-state index is 12.2. The molecule has 0 unspecified atom stereocenters. The average molecular weight is 405 g/mol. The van der Waals surface area contributed by atoms with E-state index >= 15 is 0 Å². The summed E-state index contributed by atoms with van der Waals surface area (Å²) < 4.78 is 4.86. The molecule has 0 amide bonds. The highest BCUT2D eigenvalue weighted by Crippen LogP contribution is 2.23. The molecule has 0 aliphatic carbocycles. The van der Waals surface area contributed by atoms with Gasteiger partial charge in [0.15, 0.2) is 0 Å². The van der Waals surface area contributed by atoms with Crippen molar-refractivity contribution >= 4 is 5.97 Å². The molecule has 0 radical (unpaired) electrons. The Hall–Kier alpha value is -3.21. The number of nitrogens with zero attached hydrogens (tertiary/aromatic N) is 1. The molecule has 0 saturated carbocycles. The minimum Gasteiger partial charge on any atom is -0.462 e. The summed E-state index contributed by atoms with van der Waals surface area (Å²) in [6, 6.07) is 16.5. The van der Waals surface area contributed by atoms with Gasteiger partial charge in [-0.05, 0) is 36.5 Å². The van der Waals surface area contributed by atoms with Crippen molar-refractivity contribution in [3.63, 3.8) is 0 Å². The summed E-state index contributed by atoms with van der Waals surface area (Å²) in [5, 5.41) is 0. The number of benzene rings is 2. The number of aromatic nitrogens is 2. The second-order valence-electron chi connectivity index (χ2n) is 7.28. The van der Waals surface area contributed by atoms with Crippen LogP contribution in [0.2, 0.25) is 0 Å². The summed E-state index contributed by atoms with van der Waals surface area (Å²) in [7, 11) is 0. The quantitative estimate of drug-likeness (QED) is 0.383. The number of hydrogen-bond acceptors (Lipinski definition) is 4. The van der Waals surface area contributed by atoms with E-state index in [1.807, 2.05) is 24.3 Å². The average Bonchev–Trinajstić information content (AvgIpc) is 2.77. The van der Waals surface area contributed by atoms with Crippen molar-refractivity contribution in [1.82, 2.24) is 9.97 Å². The predicted molar refractivity (Wildman–Crippen MR) is 120 cm³/mol. The second-order valence-corrected chi connectivity index (χ2v) is 7.28. The molecule has 0 bridgehead atoms. The Labute approximate surface area is 177 Å². The largest absolute Gasteiger partial charge is 0.462 e. The monoisotopic (exact) mass is 404 g/mol. The van der Waals surface area contributed by atoms with Gasteiger partial charge in [0.25, 0.3) is 5.56 Å². The lowest BCUT2D eigenvalue weighted by Crippen LogP contribution is -2.20. The topological polar surface area (TPSA) is 72.0 Å². The lowest BCUT2D eigenvalue weighted by Gasteiger charge is -2.07. The van der Waals surface area contributed by atoms with Crippen LogP contribution in [-0.4, -0.2) is 22.5 Å². The van der Waals surface area contributed by atoms with Crippen LogP contribution in [0.1, 0.15) is 55.5 Å². The maximum absolute atomic E-state index is 12.2. The first-order chi connectivity index (χ1) is 14.6. The van der Waals surface area contributed by atoms with Gasteiger partial charge in [-0.2, -0.15) is 0 Å². The van der Waals surface area contributed by atoms with Gasteiger partial charge in [0.1, 0.15) is 11.4 Å². The molecule has 0 fully saturated rings. The Bertz CT molecular complexity index is 1020. The van der Waals surface area contributed by atoms with Gasteiger partial charge in [-0.1, -0.05) is 74.7 Å². The number of unbranched alkanes of at least 4 members (excludes halogenated alkanes) is 3. The zero-order valence-electron chi connectivity index (χ0n) is 17.6. The fourth-order valence-electron chi connectivity index (χ4n) is 3.34. The van der Waals surface area contributed by atoms with E-state index in [1.165, 1.54) is 37.4 Å². The van der Waals surface area contributed by atoms with Crippen molar-refractivity contribution in [3.05, 3.63) is 76.2 Å². The number of rotatable bonds is 9. The zero-order chi connectivity index (χ0) is 21.3. The normalized spacial score (nSPS) is 10.7. The molecule has 2 aromatic carbocycles. The van der Waals surface area contributed by atoms with E-state index < -0.39 is 11.5 Å². The molecular weight excluding hydrogens is 376 g/mol. The number of carbonyl (C=O) groups is 1. The molecule has 5 nitrogen and oxygen atoms in total. The molecule has 0 spiro atoms. The first-order valence-corrected chi connectivity index (χ1v) is 10.6. The number of ether oxygens (including phenoxy) is 1. The molecular formula is C25H28N2O3. The molecule has 1 heterocycles. The van der Waals surface area contributed by atoms with Crippen molar-refractivity contribution in [2.75, 3.05) is 6.61 Å². The zero-order valence-corrected chi connectivity index (χ0v) is 17.6. The van der Waals surface area contributed by atoms with Crippen LogP contribution >= 0.6 is 0 Å². The fourth-order valence-corrected chi connectivity index (χ4v) is 3.34. The Kier molecular flexibility index (Phi) is 7.55. The Morgan fingerprint density at radius 3 is 2.13 bits per heavy atom. The minimum absolute atomic E-state index is 0.0907. The molecule has 0 aliphatic rings. The standard InChI is InChI=1S/C25H28N2O3/c1-3-5-6-7-8-18-9-11-19(12-10-18)20-13-15-21(16-14-20)23-26-17-22(24(28)27-23)25(29)30-4-2/h9-17H,3-8H2,1-2H3,(H,26,27,28). The van der Waals surface area contributed by atoms with Gasteiger partial charge in [-0.25, -0.2) is 9.78 Å². The van der Waals surface area contributed by atoms with Crippen molar-refractivity contribution in [1.29, 1.82) is 0 Å². The van der Waals surface area contributed by atoms with Crippen molar-refractivity contribution in [2.45, 2.75) is 46.0 Å². The molecule has 0 aliphatic heterocycles. The van der Waals surface area contributed by atoms with Crippen LogP contribution in [0.3, 0.4) is 0 Å². The number of hydrogen-bond donors (Lipinski definition) is 1. The number of aryl methyl sites for hydroxylation is 1. The Morgan fingerprint density at radius 2 is 1.53 bits per heavy atom. The van der Waals surface area contributed by atoms with Crippen LogP contribution in [0.15, 0.2) is 59.5 Å². The van der Waals surface area contributed by atoms with Crippen LogP contribution in [0, 0.1) is 0 Å². The Morgan fingerprint density at radius 1 is 0.900 bits per heavy atom. The maximum Gasteiger partial charge on any atom is 0.345 e. The van der Waals surface area contributed by atoms with Crippen LogP contribution in [0.25, 0.3) is 22.5 Å². The van der Waals surface area contributed by atoms with E-state index in [1.54, 1.807) is 6.92 Å². The number of aromatic amines is 1. The summed E-state index contributed by atoms with van der Waals surface area (Å²) in [6.07, 6.45) is 7.47. The smallest absolute Gasteiger partial charge is 0.345 e. The highest BCUT2D eigenvalue weighted by atomic mass is 16.5. The fraction of sp³-hybridized carbons (Fsp3) is 0.320. The van der Waals surface area contributed by atoms with Gasteiger partial charge in [0.05, 0.1) is 6.61 Å². The molecule has 30 heavy (non-hydrogen) atoms. The third kappa shape index (κ3) is 5.44. The summed E-state index contributed by atoms with van der Waals surface area (Å²) in [6.45, 7) is 4.13. The van der Waals surface area contributed by atoms with Crippen molar-refractivity contribution < 1.29 is 9.53 Å². The van der Waals surface area contributed by atoms with Crippen molar-refractivity contribution in [3.8, 4) is 22.5 Å². The molecule has 5 heteroatoms. The molecule has 0 saturated heterocycles. The Balaban J connectivity index is 1.70. The predicted octanol–water partition coefficient (Wildman–Crippen LogP) is 5.40. The first-order valence-electron chi connectivity index (χ1n) is 10.6. The number of H-pyrrole nitrogens is 1. The molecule has 156 valence electrons. The van der Waals surface area contributed by atoms with Gasteiger partial charge in [0.2, 0.25) is 0 Å². The summed E-state index contributed by atoms with van der Waals surface area (Å²) >= 11 is 0. The van der Waals surface area contributed by atoms with E-state index in [-0.39, 0.29) is 12.2 Å². The third-order valence-corrected chi connectivity index (χ3v) is 5.06. The number of carbonyl (C=O) groups excluding carboxylic acids is 1. The van der Waals surface area contributed by atoms with E-state index in [4.69, 9.17) is 4.74 Å². The van der Waals surface area contributed by atoms with Crippen LogP contribution in [0.4, 0.5) is 0 Å². The van der Waals surface area contributed by atoms with Gasteiger partial charge in [0, 0.05) is 11.8 Å². The number of esters is 1. The highest BCUT2D eigenvalue weighted by molar-refractivity contribution is 5.88. The van der Waals surface area contributed by atoms with E-state index in [2.05, 4.69) is 41.2 Å². The van der Waals surface area contributed by atoms with Gasteiger partial charge < -0.3 is 9.72 Å². The molecule has 1 aromatic heterocycles. The van der Waals surface area contributed by atoms with Crippen LogP contribution < -0.4 is 5.56 Å². The first kappa shape index (κ1) is 21.5. The van der Waals surface area contributed by atoms with Gasteiger partial charge in [-0.3, -0.25) is 4.79 Å². The van der Waals surface area contributed by atoms with Crippen LogP contribution in [-0.2, 0) is 11.2 Å². The lowest BCUT2D eigenvalue weighted by molar-refractivity contribution is 0.0523. The molecule has 3 rings (SSSR count). The molecule has 3 aromatic rings. The summed E-state index contributed by atoms with van der Waals surface area (Å²) in [4.78, 5) is 30.8. The summed E-state index contributed by atoms with van der Waals surface area (Å²) in [5.74, 6) is -0.246. The second kappa shape index (κ2) is 10.5. The minimum atomic E-state index is -0.665. The summed E-state index contributed by atoms with van der Waals surface area (Å²) in [5.41, 5.74) is 3.80. The van der Waals surface area contributed by atoms with Gasteiger partial charge in [-0.15, -0.1) is 0 Å². The lowest BCUT2D eigenvalue weighted by atomic mass is 10.00. The van der Waals surface area contributed by atoms with E-state index in [0.29, 0.717) is 5.82 Å². The van der Waals surface area contributed by atoms with Gasteiger partial charge >= 0.3 is 5.97 Å². The SMILES string of the molecule is CCCCCCc1ccc(-c2ccc(-c3ncc(C(=O)OCC)c(=O)[nH]3)cc2)cc1. The van der Waals surface area contributed by atoms with E-state index in [9.17, 15) is 9.59 Å².